The molecule has 0 heterocycles. The Labute approximate surface area is 161 Å². The summed E-state index contributed by atoms with van der Waals surface area (Å²) in [6, 6.07) is 14.0. The van der Waals surface area contributed by atoms with Crippen LogP contribution in [-0.4, -0.2) is 24.5 Å². The molecule has 5 heteroatoms. The van der Waals surface area contributed by atoms with Crippen LogP contribution >= 0.6 is 0 Å². The van der Waals surface area contributed by atoms with Crippen molar-refractivity contribution < 1.29 is 14.3 Å². The monoisotopic (exact) mass is 368 g/mol. The van der Waals surface area contributed by atoms with E-state index in [9.17, 15) is 9.59 Å². The molecule has 2 amide bonds. The Hall–Kier alpha value is -2.82. The lowest BCUT2D eigenvalue weighted by Crippen LogP contribution is -2.30. The highest BCUT2D eigenvalue weighted by atomic mass is 16.5. The first kappa shape index (κ1) is 20.5. The van der Waals surface area contributed by atoms with E-state index in [4.69, 9.17) is 4.74 Å². The summed E-state index contributed by atoms with van der Waals surface area (Å²) in [4.78, 5) is 24.4. The lowest BCUT2D eigenvalue weighted by Gasteiger charge is -2.11. The van der Waals surface area contributed by atoms with Crippen LogP contribution in [0.4, 0.5) is 5.69 Å². The minimum absolute atomic E-state index is 0.0758. The van der Waals surface area contributed by atoms with Gasteiger partial charge in [-0.05, 0) is 68.7 Å². The van der Waals surface area contributed by atoms with Crippen molar-refractivity contribution in [1.29, 1.82) is 0 Å². The van der Waals surface area contributed by atoms with Gasteiger partial charge in [-0.3, -0.25) is 9.59 Å². The zero-order valence-electron chi connectivity index (χ0n) is 16.4. The van der Waals surface area contributed by atoms with Crippen molar-refractivity contribution in [3.05, 3.63) is 59.7 Å². The smallest absolute Gasteiger partial charge is 0.255 e. The molecule has 0 saturated carbocycles. The van der Waals surface area contributed by atoms with E-state index in [1.54, 1.807) is 42.5 Å². The highest BCUT2D eigenvalue weighted by molar-refractivity contribution is 6.04. The number of carbonyl (C=O) groups excluding carboxylic acids is 2. The lowest BCUT2D eigenvalue weighted by molar-refractivity contribution is 0.0942. The van der Waals surface area contributed by atoms with Crippen LogP contribution in [0.5, 0.6) is 5.75 Å². The lowest BCUT2D eigenvalue weighted by atomic mass is 10.1. The molecule has 0 fully saturated rings. The number of amides is 2. The van der Waals surface area contributed by atoms with Gasteiger partial charge >= 0.3 is 0 Å². The molecule has 0 saturated heterocycles. The number of benzene rings is 2. The van der Waals surface area contributed by atoms with Gasteiger partial charge in [-0.2, -0.15) is 0 Å². The number of anilines is 1. The third-order valence-electron chi connectivity index (χ3n) is 3.88. The summed E-state index contributed by atoms with van der Waals surface area (Å²) >= 11 is 0. The van der Waals surface area contributed by atoms with Crippen molar-refractivity contribution in [1.82, 2.24) is 5.32 Å². The Balaban J connectivity index is 1.97. The van der Waals surface area contributed by atoms with Crippen LogP contribution in [0.1, 0.15) is 54.8 Å². The molecule has 0 aliphatic rings. The summed E-state index contributed by atoms with van der Waals surface area (Å²) < 4.78 is 5.71. The zero-order valence-corrected chi connectivity index (χ0v) is 16.4. The Morgan fingerprint density at radius 1 is 0.926 bits per heavy atom. The van der Waals surface area contributed by atoms with Crippen LogP contribution in [0.15, 0.2) is 48.5 Å². The first-order chi connectivity index (χ1) is 12.8. The normalized spacial score (nSPS) is 10.7. The summed E-state index contributed by atoms with van der Waals surface area (Å²) in [5.41, 5.74) is 1.72. The molecule has 0 bridgehead atoms. The predicted molar refractivity (Wildman–Crippen MR) is 108 cm³/mol. The second-order valence-electron chi connectivity index (χ2n) is 7.22. The quantitative estimate of drug-likeness (QED) is 0.721. The summed E-state index contributed by atoms with van der Waals surface area (Å²) in [5, 5.41) is 5.68. The molecule has 0 atom stereocenters. The maximum atomic E-state index is 12.5. The zero-order chi connectivity index (χ0) is 19.8. The van der Waals surface area contributed by atoms with Crippen LogP contribution in [0, 0.1) is 5.92 Å². The SMILES string of the molecule is CC(C)CCOc1cccc(C(=O)Nc2ccc(C(=O)NC(C)C)cc2)c1. The maximum absolute atomic E-state index is 12.5. The van der Waals surface area contributed by atoms with Gasteiger partial charge in [0.25, 0.3) is 11.8 Å². The fourth-order valence-corrected chi connectivity index (χ4v) is 2.39. The summed E-state index contributed by atoms with van der Waals surface area (Å²) in [6.07, 6.45) is 0.965. The van der Waals surface area contributed by atoms with Gasteiger partial charge in [-0.25, -0.2) is 0 Å². The average molecular weight is 368 g/mol. The fourth-order valence-electron chi connectivity index (χ4n) is 2.39. The van der Waals surface area contributed by atoms with Crippen LogP contribution in [0.2, 0.25) is 0 Å². The molecule has 0 aromatic heterocycles. The molecule has 2 aromatic rings. The first-order valence-corrected chi connectivity index (χ1v) is 9.30. The third-order valence-corrected chi connectivity index (χ3v) is 3.88. The van der Waals surface area contributed by atoms with Crippen molar-refractivity contribution in [3.63, 3.8) is 0 Å². The Bertz CT molecular complexity index is 767. The van der Waals surface area contributed by atoms with Crippen LogP contribution in [0.3, 0.4) is 0 Å². The highest BCUT2D eigenvalue weighted by Crippen LogP contribution is 2.17. The summed E-state index contributed by atoms with van der Waals surface area (Å²) in [6.45, 7) is 8.74. The second kappa shape index (κ2) is 9.76. The van der Waals surface area contributed by atoms with Crippen molar-refractivity contribution in [3.8, 4) is 5.75 Å². The van der Waals surface area contributed by atoms with E-state index in [2.05, 4.69) is 24.5 Å². The standard InChI is InChI=1S/C22H28N2O3/c1-15(2)12-13-27-20-7-5-6-18(14-20)22(26)24-19-10-8-17(9-11-19)21(25)23-16(3)4/h5-11,14-16H,12-13H2,1-4H3,(H,23,25)(H,24,26). The van der Waals surface area contributed by atoms with Crippen molar-refractivity contribution in [2.24, 2.45) is 5.92 Å². The minimum atomic E-state index is -0.219. The third kappa shape index (κ3) is 6.77. The predicted octanol–water partition coefficient (Wildman–Crippen LogP) is 4.50. The number of rotatable bonds is 8. The van der Waals surface area contributed by atoms with E-state index in [-0.39, 0.29) is 17.9 Å². The van der Waals surface area contributed by atoms with E-state index < -0.39 is 0 Å². The van der Waals surface area contributed by atoms with Gasteiger partial charge in [0, 0.05) is 22.9 Å². The molecule has 0 aliphatic carbocycles. The molecule has 144 valence electrons. The van der Waals surface area contributed by atoms with E-state index in [0.29, 0.717) is 35.1 Å². The number of nitrogens with one attached hydrogen (secondary N) is 2. The Kier molecular flexibility index (Phi) is 7.41. The van der Waals surface area contributed by atoms with E-state index in [0.717, 1.165) is 6.42 Å². The second-order valence-corrected chi connectivity index (χ2v) is 7.22. The van der Waals surface area contributed by atoms with Crippen molar-refractivity contribution >= 4 is 17.5 Å². The average Bonchev–Trinajstić information content (AvgIpc) is 2.61. The topological polar surface area (TPSA) is 67.4 Å². The maximum Gasteiger partial charge on any atom is 0.255 e. The van der Waals surface area contributed by atoms with Crippen LogP contribution in [-0.2, 0) is 0 Å². The largest absolute Gasteiger partial charge is 0.494 e. The molecule has 0 unspecified atom stereocenters. The number of hydrogen-bond donors (Lipinski definition) is 2. The number of hydrogen-bond acceptors (Lipinski definition) is 3. The van der Waals surface area contributed by atoms with Crippen LogP contribution < -0.4 is 15.4 Å². The van der Waals surface area contributed by atoms with Crippen LogP contribution in [0.25, 0.3) is 0 Å². The Morgan fingerprint density at radius 3 is 2.26 bits per heavy atom. The van der Waals surface area contributed by atoms with Crippen molar-refractivity contribution in [2.75, 3.05) is 11.9 Å². The van der Waals surface area contributed by atoms with Gasteiger partial charge in [-0.1, -0.05) is 19.9 Å². The molecule has 0 spiro atoms. The molecule has 27 heavy (non-hydrogen) atoms. The number of ether oxygens (including phenoxy) is 1. The van der Waals surface area contributed by atoms with Gasteiger partial charge in [0.05, 0.1) is 6.61 Å². The molecule has 5 nitrogen and oxygen atoms in total. The van der Waals surface area contributed by atoms with Gasteiger partial charge in [0.15, 0.2) is 0 Å². The molecule has 0 aliphatic heterocycles. The molecular weight excluding hydrogens is 340 g/mol. The Morgan fingerprint density at radius 2 is 1.63 bits per heavy atom. The van der Waals surface area contributed by atoms with Crippen molar-refractivity contribution in [2.45, 2.75) is 40.2 Å². The van der Waals surface area contributed by atoms with Gasteiger partial charge < -0.3 is 15.4 Å². The number of carbonyl (C=O) groups is 2. The van der Waals surface area contributed by atoms with Gasteiger partial charge in [0.2, 0.25) is 0 Å². The minimum Gasteiger partial charge on any atom is -0.494 e. The summed E-state index contributed by atoms with van der Waals surface area (Å²) in [5.74, 6) is 0.906. The summed E-state index contributed by atoms with van der Waals surface area (Å²) in [7, 11) is 0. The highest BCUT2D eigenvalue weighted by Gasteiger charge is 2.10. The fraction of sp³-hybridized carbons (Fsp3) is 0.364. The molecule has 0 radical (unpaired) electrons. The van der Waals surface area contributed by atoms with E-state index >= 15 is 0 Å². The molecular formula is C22H28N2O3. The van der Waals surface area contributed by atoms with Gasteiger partial charge in [0.1, 0.15) is 5.75 Å². The van der Waals surface area contributed by atoms with E-state index in [1.807, 2.05) is 19.9 Å². The first-order valence-electron chi connectivity index (χ1n) is 9.30. The molecule has 2 aromatic carbocycles. The van der Waals surface area contributed by atoms with E-state index in [1.165, 1.54) is 0 Å². The van der Waals surface area contributed by atoms with Gasteiger partial charge in [-0.15, -0.1) is 0 Å². The molecule has 2 rings (SSSR count). The molecule has 2 N–H and O–H groups in total.